The smallest absolute Gasteiger partial charge is 0.162 e. The van der Waals surface area contributed by atoms with E-state index < -0.39 is 0 Å². The number of aryl methyl sites for hydroxylation is 1. The molecule has 0 aliphatic rings. The van der Waals surface area contributed by atoms with E-state index in [9.17, 15) is 0 Å². The maximum Gasteiger partial charge on any atom is 0.162 e. The highest BCUT2D eigenvalue weighted by Crippen LogP contribution is 2.34. The molecule has 0 bridgehead atoms. The molecule has 148 valence electrons. The van der Waals surface area contributed by atoms with Gasteiger partial charge in [-0.25, -0.2) is 0 Å². The highest BCUT2D eigenvalue weighted by atomic mass is 79.9. The van der Waals surface area contributed by atoms with Crippen LogP contribution in [0, 0.1) is 6.92 Å². The average molecular weight is 435 g/mol. The molecule has 0 atom stereocenters. The monoisotopic (exact) mass is 434 g/mol. The molecule has 0 unspecified atom stereocenters. The Morgan fingerprint density at radius 1 is 1.04 bits per heavy atom. The second kappa shape index (κ2) is 11.3. The van der Waals surface area contributed by atoms with Crippen molar-refractivity contribution in [2.75, 3.05) is 33.3 Å². The molecule has 4 nitrogen and oxygen atoms in total. The summed E-state index contributed by atoms with van der Waals surface area (Å²) >= 11 is 3.67. The Kier molecular flexibility index (Phi) is 9.11. The van der Waals surface area contributed by atoms with Crippen molar-refractivity contribution in [3.8, 4) is 11.5 Å². The molecule has 2 aromatic carbocycles. The summed E-state index contributed by atoms with van der Waals surface area (Å²) in [6.07, 6.45) is 0. The molecule has 0 aromatic heterocycles. The number of likely N-dealkylation sites (N-methyl/N-ethyl adjacent to an activating group) is 1. The number of methoxy groups -OCH3 is 1. The van der Waals surface area contributed by atoms with Crippen LogP contribution in [0.3, 0.4) is 0 Å². The maximum atomic E-state index is 5.99. The maximum absolute atomic E-state index is 5.99. The van der Waals surface area contributed by atoms with E-state index in [1.54, 1.807) is 7.11 Å². The molecule has 0 saturated heterocycles. The third-order valence-corrected chi connectivity index (χ3v) is 5.40. The molecule has 1 N–H and O–H groups in total. The molecular formula is C22H31BrN2O2. The fourth-order valence-electron chi connectivity index (χ4n) is 2.83. The van der Waals surface area contributed by atoms with Crippen LogP contribution in [0.25, 0.3) is 0 Å². The van der Waals surface area contributed by atoms with Gasteiger partial charge in [-0.3, -0.25) is 0 Å². The van der Waals surface area contributed by atoms with Crippen LogP contribution >= 0.6 is 15.9 Å². The third kappa shape index (κ3) is 6.83. The number of hydrogen-bond acceptors (Lipinski definition) is 4. The lowest BCUT2D eigenvalue weighted by molar-refractivity contribution is 0.284. The van der Waals surface area contributed by atoms with Crippen LogP contribution < -0.4 is 14.8 Å². The first-order valence-corrected chi connectivity index (χ1v) is 10.3. The first-order valence-electron chi connectivity index (χ1n) is 9.55. The van der Waals surface area contributed by atoms with Gasteiger partial charge >= 0.3 is 0 Å². The number of halogens is 1. The molecule has 0 radical (unpaired) electrons. The van der Waals surface area contributed by atoms with E-state index >= 15 is 0 Å². The summed E-state index contributed by atoms with van der Waals surface area (Å²) < 4.78 is 12.6. The van der Waals surface area contributed by atoms with Crippen molar-refractivity contribution in [3.63, 3.8) is 0 Å². The van der Waals surface area contributed by atoms with E-state index in [-0.39, 0.29) is 0 Å². The summed E-state index contributed by atoms with van der Waals surface area (Å²) in [6, 6.07) is 12.4. The van der Waals surface area contributed by atoms with Crippen LogP contribution in [-0.2, 0) is 13.2 Å². The number of rotatable bonds is 11. The first kappa shape index (κ1) is 21.7. The van der Waals surface area contributed by atoms with Gasteiger partial charge in [-0.05, 0) is 43.3 Å². The predicted octanol–water partition coefficient (Wildman–Crippen LogP) is 4.78. The van der Waals surface area contributed by atoms with E-state index in [2.05, 4.69) is 71.2 Å². The van der Waals surface area contributed by atoms with Gasteiger partial charge in [-0.15, -0.1) is 0 Å². The number of hydrogen-bond donors (Lipinski definition) is 1. The molecule has 0 spiro atoms. The lowest BCUT2D eigenvalue weighted by Gasteiger charge is -2.18. The highest BCUT2D eigenvalue weighted by Gasteiger charge is 2.11. The third-order valence-electron chi connectivity index (χ3n) is 4.66. The minimum atomic E-state index is 0.518. The molecule has 2 aromatic rings. The summed E-state index contributed by atoms with van der Waals surface area (Å²) in [4.78, 5) is 2.41. The largest absolute Gasteiger partial charge is 0.493 e. The summed E-state index contributed by atoms with van der Waals surface area (Å²) in [7, 11) is 1.68. The van der Waals surface area contributed by atoms with Gasteiger partial charge in [0.05, 0.1) is 7.11 Å². The molecular weight excluding hydrogens is 404 g/mol. The molecule has 27 heavy (non-hydrogen) atoms. The van der Waals surface area contributed by atoms with Crippen LogP contribution in [0.5, 0.6) is 11.5 Å². The molecule has 5 heteroatoms. The molecule has 0 saturated carbocycles. The van der Waals surface area contributed by atoms with Gasteiger partial charge in [0.2, 0.25) is 0 Å². The van der Waals surface area contributed by atoms with E-state index in [4.69, 9.17) is 9.47 Å². The van der Waals surface area contributed by atoms with Crippen molar-refractivity contribution in [1.82, 2.24) is 10.2 Å². The van der Waals surface area contributed by atoms with Crippen molar-refractivity contribution >= 4 is 15.9 Å². The zero-order valence-corrected chi connectivity index (χ0v) is 18.4. The van der Waals surface area contributed by atoms with Gasteiger partial charge in [0, 0.05) is 24.1 Å². The van der Waals surface area contributed by atoms with Crippen LogP contribution in [-0.4, -0.2) is 38.2 Å². The van der Waals surface area contributed by atoms with Crippen molar-refractivity contribution in [3.05, 3.63) is 57.6 Å². The number of nitrogens with one attached hydrogen (secondary N) is 1. The Morgan fingerprint density at radius 3 is 2.37 bits per heavy atom. The highest BCUT2D eigenvalue weighted by molar-refractivity contribution is 9.10. The topological polar surface area (TPSA) is 33.7 Å². The second-order valence-electron chi connectivity index (χ2n) is 6.57. The van der Waals surface area contributed by atoms with E-state index in [1.807, 2.05) is 12.1 Å². The van der Waals surface area contributed by atoms with Crippen LogP contribution in [0.2, 0.25) is 0 Å². The van der Waals surface area contributed by atoms with Crippen molar-refractivity contribution < 1.29 is 9.47 Å². The number of nitrogens with zero attached hydrogens (tertiary/aromatic N) is 1. The van der Waals surface area contributed by atoms with Crippen molar-refractivity contribution in [2.45, 2.75) is 33.9 Å². The minimum Gasteiger partial charge on any atom is -0.493 e. The average Bonchev–Trinajstić information content (AvgIpc) is 2.68. The lowest BCUT2D eigenvalue weighted by atomic mass is 10.1. The number of ether oxygens (including phenoxy) is 2. The van der Waals surface area contributed by atoms with E-state index in [0.29, 0.717) is 6.61 Å². The molecule has 0 fully saturated rings. The summed E-state index contributed by atoms with van der Waals surface area (Å²) in [5.74, 6) is 1.50. The van der Waals surface area contributed by atoms with Gasteiger partial charge in [0.1, 0.15) is 6.61 Å². The standard InChI is InChI=1S/C22H31BrN2O2/c1-5-25(6-2)12-11-24-15-19-13-21(26-4)22(14-20(19)23)27-16-18-9-7-17(3)8-10-18/h7-10,13-14,24H,5-6,11-12,15-16H2,1-4H3. The van der Waals surface area contributed by atoms with Gasteiger partial charge in [-0.2, -0.15) is 0 Å². The molecule has 0 aliphatic carbocycles. The first-order chi connectivity index (χ1) is 13.1. The lowest BCUT2D eigenvalue weighted by Crippen LogP contribution is -2.31. The summed E-state index contributed by atoms with van der Waals surface area (Å²) in [6.45, 7) is 12.0. The normalized spacial score (nSPS) is 11.0. The fourth-order valence-corrected chi connectivity index (χ4v) is 3.29. The van der Waals surface area contributed by atoms with Crippen molar-refractivity contribution in [2.24, 2.45) is 0 Å². The second-order valence-corrected chi connectivity index (χ2v) is 7.43. The molecule has 0 aliphatic heterocycles. The van der Waals surface area contributed by atoms with E-state index in [1.165, 1.54) is 5.56 Å². The Hall–Kier alpha value is -1.56. The van der Waals surface area contributed by atoms with Crippen LogP contribution in [0.4, 0.5) is 0 Å². The van der Waals surface area contributed by atoms with Gasteiger partial charge in [0.25, 0.3) is 0 Å². The van der Waals surface area contributed by atoms with Gasteiger partial charge in [-0.1, -0.05) is 59.6 Å². The molecule has 0 heterocycles. The summed E-state index contributed by atoms with van der Waals surface area (Å²) in [5, 5.41) is 3.51. The van der Waals surface area contributed by atoms with Crippen LogP contribution in [0.1, 0.15) is 30.5 Å². The predicted molar refractivity (Wildman–Crippen MR) is 116 cm³/mol. The fraction of sp³-hybridized carbons (Fsp3) is 0.455. The van der Waals surface area contributed by atoms with Gasteiger partial charge < -0.3 is 19.7 Å². The molecule has 2 rings (SSSR count). The summed E-state index contributed by atoms with van der Waals surface area (Å²) in [5.41, 5.74) is 3.55. The Bertz CT molecular complexity index is 700. The van der Waals surface area contributed by atoms with Crippen LogP contribution in [0.15, 0.2) is 40.9 Å². The Morgan fingerprint density at radius 2 is 1.74 bits per heavy atom. The zero-order valence-electron chi connectivity index (χ0n) is 16.8. The SMILES string of the molecule is CCN(CC)CCNCc1cc(OC)c(OCc2ccc(C)cc2)cc1Br. The minimum absolute atomic E-state index is 0.518. The Labute approximate surface area is 172 Å². The van der Waals surface area contributed by atoms with Gasteiger partial charge in [0.15, 0.2) is 11.5 Å². The quantitative estimate of drug-likeness (QED) is 0.516. The molecule has 0 amide bonds. The number of benzene rings is 2. The Balaban J connectivity index is 1.95. The van der Waals surface area contributed by atoms with Crippen molar-refractivity contribution in [1.29, 1.82) is 0 Å². The zero-order chi connectivity index (χ0) is 19.6. The van der Waals surface area contributed by atoms with E-state index in [0.717, 1.165) is 59.8 Å².